The SMILES string of the molecule is O=C(CCC(=O)N1Cc2ccccc2C#Cc2ccccc21)NCCOCCOCCNC(=O)OC1CC/C=C/CCC1. The maximum atomic E-state index is 13.2. The molecule has 0 saturated carbocycles. The van der Waals surface area contributed by atoms with E-state index in [2.05, 4.69) is 34.6 Å². The first-order chi connectivity index (χ1) is 21.1. The molecular formula is C34H41N3O6. The maximum absolute atomic E-state index is 13.2. The molecule has 228 valence electrons. The average molecular weight is 588 g/mol. The molecule has 4 rings (SSSR count). The lowest BCUT2D eigenvalue weighted by atomic mass is 10.0. The summed E-state index contributed by atoms with van der Waals surface area (Å²) in [5, 5.41) is 5.52. The molecule has 0 spiro atoms. The second-order valence-corrected chi connectivity index (χ2v) is 10.4. The summed E-state index contributed by atoms with van der Waals surface area (Å²) >= 11 is 0. The highest BCUT2D eigenvalue weighted by molar-refractivity contribution is 5.96. The van der Waals surface area contributed by atoms with Gasteiger partial charge < -0.3 is 29.7 Å². The molecule has 0 radical (unpaired) electrons. The zero-order valence-electron chi connectivity index (χ0n) is 24.6. The Balaban J connectivity index is 1.05. The minimum absolute atomic E-state index is 0.0323. The van der Waals surface area contributed by atoms with Crippen LogP contribution in [0.1, 0.15) is 61.6 Å². The number of amides is 3. The second kappa shape index (κ2) is 17.7. The molecule has 1 aliphatic heterocycles. The van der Waals surface area contributed by atoms with Crippen LogP contribution in [0.3, 0.4) is 0 Å². The van der Waals surface area contributed by atoms with Crippen molar-refractivity contribution in [3.8, 4) is 11.8 Å². The fourth-order valence-electron chi connectivity index (χ4n) is 4.90. The van der Waals surface area contributed by atoms with Crippen LogP contribution in [0.5, 0.6) is 0 Å². The predicted octanol–water partition coefficient (Wildman–Crippen LogP) is 4.48. The number of nitrogens with zero attached hydrogens (tertiary/aromatic N) is 1. The molecule has 1 aliphatic carbocycles. The van der Waals surface area contributed by atoms with Gasteiger partial charge in [0, 0.05) is 37.1 Å². The third-order valence-electron chi connectivity index (χ3n) is 7.19. The predicted molar refractivity (Wildman–Crippen MR) is 164 cm³/mol. The molecular weight excluding hydrogens is 546 g/mol. The molecule has 3 amide bonds. The minimum Gasteiger partial charge on any atom is -0.446 e. The highest BCUT2D eigenvalue weighted by Crippen LogP contribution is 2.26. The standard InChI is InChI=1S/C34H41N3O6/c38-32(35-20-22-41-24-25-42-23-21-36-34(40)43-30-13-4-2-1-3-5-14-30)18-19-33(39)37-26-29-12-7-6-10-27(29)16-17-28-11-8-9-15-31(28)37/h1-2,6-12,15,30H,3-5,13-14,18-26H2,(H,35,38)(H,36,40)/b2-1+. The Hall–Kier alpha value is -4.13. The third-order valence-corrected chi connectivity index (χ3v) is 7.19. The van der Waals surface area contributed by atoms with Crippen molar-refractivity contribution in [2.24, 2.45) is 0 Å². The molecule has 2 N–H and O–H groups in total. The van der Waals surface area contributed by atoms with Gasteiger partial charge in [-0.25, -0.2) is 4.79 Å². The summed E-state index contributed by atoms with van der Waals surface area (Å²) in [6.45, 7) is 2.54. The Kier molecular flexibility index (Phi) is 13.1. The number of anilines is 1. The van der Waals surface area contributed by atoms with E-state index < -0.39 is 6.09 Å². The lowest BCUT2D eigenvalue weighted by Gasteiger charge is -2.26. The molecule has 2 aromatic rings. The van der Waals surface area contributed by atoms with Gasteiger partial charge >= 0.3 is 6.09 Å². The first-order valence-electron chi connectivity index (χ1n) is 15.1. The molecule has 43 heavy (non-hydrogen) atoms. The number of allylic oxidation sites excluding steroid dienone is 2. The number of carbonyl (C=O) groups excluding carboxylic acids is 3. The van der Waals surface area contributed by atoms with Gasteiger partial charge in [0.15, 0.2) is 0 Å². The first kappa shape index (κ1) is 31.8. The molecule has 0 fully saturated rings. The fraction of sp³-hybridized carbons (Fsp3) is 0.441. The normalized spacial score (nSPS) is 16.5. The maximum Gasteiger partial charge on any atom is 0.407 e. The zero-order chi connectivity index (χ0) is 30.1. The van der Waals surface area contributed by atoms with Crippen molar-refractivity contribution < 1.29 is 28.6 Å². The van der Waals surface area contributed by atoms with Crippen LogP contribution < -0.4 is 15.5 Å². The number of rotatable bonds is 13. The van der Waals surface area contributed by atoms with E-state index in [-0.39, 0.29) is 30.8 Å². The molecule has 9 nitrogen and oxygen atoms in total. The van der Waals surface area contributed by atoms with Crippen molar-refractivity contribution in [1.29, 1.82) is 0 Å². The number of carbonyl (C=O) groups is 3. The highest BCUT2D eigenvalue weighted by Gasteiger charge is 2.21. The van der Waals surface area contributed by atoms with Crippen LogP contribution in [0.15, 0.2) is 60.7 Å². The lowest BCUT2D eigenvalue weighted by molar-refractivity contribution is -0.125. The second-order valence-electron chi connectivity index (χ2n) is 10.4. The molecule has 0 bridgehead atoms. The molecule has 0 saturated heterocycles. The van der Waals surface area contributed by atoms with Gasteiger partial charge in [0.1, 0.15) is 6.10 Å². The van der Waals surface area contributed by atoms with Crippen molar-refractivity contribution in [2.75, 3.05) is 44.4 Å². The minimum atomic E-state index is -0.404. The number of fused-ring (bicyclic) bond motifs is 2. The van der Waals surface area contributed by atoms with Crippen LogP contribution in [-0.4, -0.2) is 63.5 Å². The number of ether oxygens (including phenoxy) is 3. The van der Waals surface area contributed by atoms with Crippen molar-refractivity contribution in [3.05, 3.63) is 77.4 Å². The number of para-hydroxylation sites is 1. The number of benzene rings is 2. The molecule has 1 unspecified atom stereocenters. The Labute approximate surface area is 253 Å². The molecule has 0 aromatic heterocycles. The van der Waals surface area contributed by atoms with Gasteiger partial charge in [-0.1, -0.05) is 54.3 Å². The monoisotopic (exact) mass is 587 g/mol. The Morgan fingerprint density at radius 3 is 2.33 bits per heavy atom. The van der Waals surface area contributed by atoms with Crippen molar-refractivity contribution in [1.82, 2.24) is 10.6 Å². The van der Waals surface area contributed by atoms with Crippen LogP contribution >= 0.6 is 0 Å². The summed E-state index contributed by atoms with van der Waals surface area (Å²) in [4.78, 5) is 39.3. The van der Waals surface area contributed by atoms with Crippen molar-refractivity contribution in [2.45, 2.75) is 57.6 Å². The number of nitrogens with one attached hydrogen (secondary N) is 2. The highest BCUT2D eigenvalue weighted by atomic mass is 16.6. The fourth-order valence-corrected chi connectivity index (χ4v) is 4.90. The summed E-state index contributed by atoms with van der Waals surface area (Å²) in [5.41, 5.74) is 3.41. The molecule has 1 heterocycles. The van der Waals surface area contributed by atoms with Gasteiger partial charge in [-0.3, -0.25) is 9.59 Å². The van der Waals surface area contributed by atoms with Crippen LogP contribution in [0.2, 0.25) is 0 Å². The topological polar surface area (TPSA) is 106 Å². The van der Waals surface area contributed by atoms with Gasteiger partial charge in [0.05, 0.1) is 38.7 Å². The summed E-state index contributed by atoms with van der Waals surface area (Å²) in [6, 6.07) is 15.4. The van der Waals surface area contributed by atoms with E-state index in [1.54, 1.807) is 4.90 Å². The quantitative estimate of drug-likeness (QED) is 0.203. The summed E-state index contributed by atoms with van der Waals surface area (Å²) in [7, 11) is 0. The van der Waals surface area contributed by atoms with Gasteiger partial charge in [-0.05, 0) is 55.9 Å². The van der Waals surface area contributed by atoms with E-state index in [1.807, 2.05) is 48.5 Å². The van der Waals surface area contributed by atoms with E-state index in [0.717, 1.165) is 54.5 Å². The Morgan fingerprint density at radius 1 is 0.791 bits per heavy atom. The van der Waals surface area contributed by atoms with Crippen molar-refractivity contribution in [3.63, 3.8) is 0 Å². The molecule has 2 aliphatic rings. The smallest absolute Gasteiger partial charge is 0.407 e. The Morgan fingerprint density at radius 2 is 1.49 bits per heavy atom. The van der Waals surface area contributed by atoms with Gasteiger partial charge in [-0.15, -0.1) is 0 Å². The Bertz CT molecular complexity index is 1310. The average Bonchev–Trinajstić information content (AvgIpc) is 2.99. The van der Waals surface area contributed by atoms with Gasteiger partial charge in [-0.2, -0.15) is 0 Å². The largest absolute Gasteiger partial charge is 0.446 e. The van der Waals surface area contributed by atoms with Gasteiger partial charge in [0.25, 0.3) is 0 Å². The number of alkyl carbamates (subject to hydrolysis) is 1. The van der Waals surface area contributed by atoms with E-state index >= 15 is 0 Å². The zero-order valence-corrected chi connectivity index (χ0v) is 24.6. The van der Waals surface area contributed by atoms with Gasteiger partial charge in [0.2, 0.25) is 11.8 Å². The first-order valence-corrected chi connectivity index (χ1v) is 15.1. The van der Waals surface area contributed by atoms with Crippen LogP contribution in [0.25, 0.3) is 0 Å². The van der Waals surface area contributed by atoms with Crippen LogP contribution in [0.4, 0.5) is 10.5 Å². The summed E-state index contributed by atoms with van der Waals surface area (Å²) < 4.78 is 16.5. The number of hydrogen-bond acceptors (Lipinski definition) is 6. The van der Waals surface area contributed by atoms with Crippen LogP contribution in [0, 0.1) is 11.8 Å². The number of hydrogen-bond donors (Lipinski definition) is 2. The summed E-state index contributed by atoms with van der Waals surface area (Å²) in [6.07, 6.45) is 8.82. The van der Waals surface area contributed by atoms with E-state index in [1.165, 1.54) is 0 Å². The molecule has 9 heteroatoms. The van der Waals surface area contributed by atoms with E-state index in [4.69, 9.17) is 14.2 Å². The lowest BCUT2D eigenvalue weighted by Crippen LogP contribution is -2.34. The van der Waals surface area contributed by atoms with E-state index in [9.17, 15) is 14.4 Å². The molecule has 2 aromatic carbocycles. The van der Waals surface area contributed by atoms with Crippen LogP contribution in [-0.2, 0) is 30.3 Å². The third kappa shape index (κ3) is 10.9. The summed E-state index contributed by atoms with van der Waals surface area (Å²) in [5.74, 6) is 6.05. The molecule has 1 atom stereocenters. The van der Waals surface area contributed by atoms with Crippen molar-refractivity contribution >= 4 is 23.6 Å². The van der Waals surface area contributed by atoms with E-state index in [0.29, 0.717) is 46.1 Å².